The Bertz CT molecular complexity index is 488. The van der Waals surface area contributed by atoms with Crippen LogP contribution in [0.15, 0.2) is 35.4 Å². The maximum Gasteiger partial charge on any atom is 0.0715 e. The first-order valence-electron chi connectivity index (χ1n) is 5.61. The van der Waals surface area contributed by atoms with Gasteiger partial charge in [0.1, 0.15) is 0 Å². The molecule has 1 aromatic heterocycles. The van der Waals surface area contributed by atoms with Gasteiger partial charge in [0, 0.05) is 30.1 Å². The lowest BCUT2D eigenvalue weighted by Gasteiger charge is -2.02. The Morgan fingerprint density at radius 2 is 2.00 bits per heavy atom. The van der Waals surface area contributed by atoms with Crippen LogP contribution in [0.25, 0.3) is 11.1 Å². The van der Waals surface area contributed by atoms with Crippen molar-refractivity contribution in [3.63, 3.8) is 0 Å². The Morgan fingerprint density at radius 1 is 1.29 bits per heavy atom. The van der Waals surface area contributed by atoms with Gasteiger partial charge in [0.05, 0.1) is 5.69 Å². The summed E-state index contributed by atoms with van der Waals surface area (Å²) in [6.45, 7) is 0.632. The van der Waals surface area contributed by atoms with Crippen LogP contribution in [-0.4, -0.2) is 22.6 Å². The van der Waals surface area contributed by atoms with Crippen molar-refractivity contribution in [2.24, 2.45) is 12.8 Å². The average Bonchev–Trinajstić information content (AvgIpc) is 2.71. The van der Waals surface area contributed by atoms with Crippen LogP contribution in [0, 0.1) is 0 Å². The minimum Gasteiger partial charge on any atom is -0.330 e. The van der Waals surface area contributed by atoms with Crippen molar-refractivity contribution in [3.8, 4) is 11.1 Å². The second-order valence-electron chi connectivity index (χ2n) is 3.93. The van der Waals surface area contributed by atoms with Gasteiger partial charge in [-0.2, -0.15) is 5.10 Å². The minimum atomic E-state index is 0.632. The second-order valence-corrected chi connectivity index (χ2v) is 4.81. The minimum absolute atomic E-state index is 0.632. The molecule has 4 heteroatoms. The van der Waals surface area contributed by atoms with Crippen LogP contribution in [0.5, 0.6) is 0 Å². The van der Waals surface area contributed by atoms with Gasteiger partial charge in [0.15, 0.2) is 0 Å². The molecular weight excluding hydrogens is 230 g/mol. The molecule has 0 saturated heterocycles. The van der Waals surface area contributed by atoms with Gasteiger partial charge in [-0.3, -0.25) is 4.68 Å². The van der Waals surface area contributed by atoms with E-state index in [-0.39, 0.29) is 0 Å². The van der Waals surface area contributed by atoms with Gasteiger partial charge in [-0.1, -0.05) is 12.1 Å². The highest BCUT2D eigenvalue weighted by Crippen LogP contribution is 2.25. The third-order valence-electron chi connectivity index (χ3n) is 2.69. The quantitative estimate of drug-likeness (QED) is 0.843. The summed E-state index contributed by atoms with van der Waals surface area (Å²) in [5, 5.41) is 4.45. The van der Waals surface area contributed by atoms with E-state index in [4.69, 9.17) is 5.73 Å². The molecule has 1 heterocycles. The molecule has 90 valence electrons. The lowest BCUT2D eigenvalue weighted by molar-refractivity contribution is 0.739. The lowest BCUT2D eigenvalue weighted by Crippen LogP contribution is -2.04. The Morgan fingerprint density at radius 3 is 2.59 bits per heavy atom. The number of benzene rings is 1. The van der Waals surface area contributed by atoms with Gasteiger partial charge >= 0.3 is 0 Å². The molecule has 0 saturated carbocycles. The van der Waals surface area contributed by atoms with Gasteiger partial charge in [-0.05, 0) is 30.5 Å². The van der Waals surface area contributed by atoms with E-state index in [1.807, 2.05) is 11.7 Å². The van der Waals surface area contributed by atoms with Crippen LogP contribution in [0.2, 0.25) is 0 Å². The summed E-state index contributed by atoms with van der Waals surface area (Å²) in [7, 11) is 1.94. The zero-order valence-electron chi connectivity index (χ0n) is 10.2. The Labute approximate surface area is 106 Å². The largest absolute Gasteiger partial charge is 0.330 e. The molecule has 0 radical (unpaired) electrons. The summed E-state index contributed by atoms with van der Waals surface area (Å²) in [4.78, 5) is 1.28. The smallest absolute Gasteiger partial charge is 0.0715 e. The molecule has 0 spiro atoms. The van der Waals surface area contributed by atoms with Crippen LogP contribution in [0.4, 0.5) is 0 Å². The van der Waals surface area contributed by atoms with Crippen molar-refractivity contribution >= 4 is 11.8 Å². The van der Waals surface area contributed by atoms with E-state index >= 15 is 0 Å². The Balaban J connectivity index is 2.37. The van der Waals surface area contributed by atoms with Crippen LogP contribution in [-0.2, 0) is 13.5 Å². The highest BCUT2D eigenvalue weighted by molar-refractivity contribution is 7.98. The first-order chi connectivity index (χ1) is 8.24. The fraction of sp³-hybridized carbons (Fsp3) is 0.308. The normalized spacial score (nSPS) is 10.8. The van der Waals surface area contributed by atoms with E-state index in [1.54, 1.807) is 11.8 Å². The topological polar surface area (TPSA) is 43.8 Å². The molecule has 0 aliphatic rings. The summed E-state index contributed by atoms with van der Waals surface area (Å²) < 4.78 is 1.85. The number of aryl methyl sites for hydroxylation is 1. The summed E-state index contributed by atoms with van der Waals surface area (Å²) in [5.74, 6) is 0. The molecule has 2 aromatic rings. The molecular formula is C13H17N3S. The number of thioether (sulfide) groups is 1. The van der Waals surface area contributed by atoms with E-state index in [9.17, 15) is 0 Å². The van der Waals surface area contributed by atoms with Crippen LogP contribution >= 0.6 is 11.8 Å². The molecule has 2 N–H and O–H groups in total. The highest BCUT2D eigenvalue weighted by Gasteiger charge is 2.08. The zero-order valence-corrected chi connectivity index (χ0v) is 11.0. The highest BCUT2D eigenvalue weighted by atomic mass is 32.2. The number of nitrogens with two attached hydrogens (primary N) is 1. The van der Waals surface area contributed by atoms with E-state index in [2.05, 4.69) is 41.8 Å². The number of rotatable bonds is 4. The van der Waals surface area contributed by atoms with Crippen LogP contribution in [0.1, 0.15) is 5.69 Å². The third-order valence-corrected chi connectivity index (χ3v) is 3.43. The van der Waals surface area contributed by atoms with Crippen molar-refractivity contribution in [2.45, 2.75) is 11.3 Å². The summed E-state index contributed by atoms with van der Waals surface area (Å²) in [6.07, 6.45) is 4.96. The number of hydrogen-bond donors (Lipinski definition) is 1. The molecule has 0 bridgehead atoms. The monoisotopic (exact) mass is 247 g/mol. The van der Waals surface area contributed by atoms with Gasteiger partial charge < -0.3 is 5.73 Å². The third kappa shape index (κ3) is 2.70. The molecule has 1 aromatic carbocycles. The predicted octanol–water partition coefficient (Wildman–Crippen LogP) is 2.31. The zero-order chi connectivity index (χ0) is 12.3. The SMILES string of the molecule is CSc1ccc(-c2cn(C)nc2CCN)cc1. The van der Waals surface area contributed by atoms with E-state index in [1.165, 1.54) is 16.0 Å². The van der Waals surface area contributed by atoms with Gasteiger partial charge in [0.25, 0.3) is 0 Å². The maximum absolute atomic E-state index is 5.61. The van der Waals surface area contributed by atoms with Gasteiger partial charge in [-0.25, -0.2) is 0 Å². The summed E-state index contributed by atoms with van der Waals surface area (Å²) >= 11 is 1.75. The molecule has 2 rings (SSSR count). The molecule has 3 nitrogen and oxygen atoms in total. The van der Waals surface area contributed by atoms with E-state index < -0.39 is 0 Å². The van der Waals surface area contributed by atoms with Crippen LogP contribution in [0.3, 0.4) is 0 Å². The molecule has 0 fully saturated rings. The van der Waals surface area contributed by atoms with Crippen molar-refractivity contribution in [1.82, 2.24) is 9.78 Å². The lowest BCUT2D eigenvalue weighted by atomic mass is 10.1. The van der Waals surface area contributed by atoms with Crippen LogP contribution < -0.4 is 5.73 Å². The first kappa shape index (κ1) is 12.2. The van der Waals surface area contributed by atoms with E-state index in [0.29, 0.717) is 6.54 Å². The number of aromatic nitrogens is 2. The van der Waals surface area contributed by atoms with Crippen molar-refractivity contribution < 1.29 is 0 Å². The molecule has 0 unspecified atom stereocenters. The number of hydrogen-bond acceptors (Lipinski definition) is 3. The average molecular weight is 247 g/mol. The molecule has 0 aliphatic heterocycles. The van der Waals surface area contributed by atoms with Crippen molar-refractivity contribution in [2.75, 3.05) is 12.8 Å². The first-order valence-corrected chi connectivity index (χ1v) is 6.84. The molecule has 0 amide bonds. The maximum atomic E-state index is 5.61. The van der Waals surface area contributed by atoms with E-state index in [0.717, 1.165) is 12.1 Å². The Kier molecular flexibility index (Phi) is 3.86. The van der Waals surface area contributed by atoms with Gasteiger partial charge in [-0.15, -0.1) is 11.8 Å². The van der Waals surface area contributed by atoms with Crippen molar-refractivity contribution in [1.29, 1.82) is 0 Å². The fourth-order valence-corrected chi connectivity index (χ4v) is 2.28. The second kappa shape index (κ2) is 5.38. The summed E-state index contributed by atoms with van der Waals surface area (Å²) in [5.41, 5.74) is 9.08. The molecule has 0 atom stereocenters. The number of nitrogens with zero attached hydrogens (tertiary/aromatic N) is 2. The standard InChI is InChI=1S/C13H17N3S/c1-16-9-12(13(15-16)7-8-14)10-3-5-11(17-2)6-4-10/h3-6,9H,7-8,14H2,1-2H3. The summed E-state index contributed by atoms with van der Waals surface area (Å²) in [6, 6.07) is 8.56. The van der Waals surface area contributed by atoms with Gasteiger partial charge in [0.2, 0.25) is 0 Å². The predicted molar refractivity (Wildman–Crippen MR) is 73.2 cm³/mol. The van der Waals surface area contributed by atoms with Crippen molar-refractivity contribution in [3.05, 3.63) is 36.2 Å². The Hall–Kier alpha value is -1.26. The molecule has 0 aliphatic carbocycles. The fourth-order valence-electron chi connectivity index (χ4n) is 1.87. The molecule has 17 heavy (non-hydrogen) atoms.